The van der Waals surface area contributed by atoms with Gasteiger partial charge in [0.2, 0.25) is 0 Å². The third kappa shape index (κ3) is 18.4. The van der Waals surface area contributed by atoms with Gasteiger partial charge in [0.15, 0.2) is 0 Å². The van der Waals surface area contributed by atoms with E-state index in [1.165, 1.54) is 6.92 Å². The third-order valence-corrected chi connectivity index (χ3v) is 0.862. The molecule has 0 aromatic heterocycles. The van der Waals surface area contributed by atoms with E-state index >= 15 is 0 Å². The van der Waals surface area contributed by atoms with E-state index in [2.05, 4.69) is 4.52 Å². The van der Waals surface area contributed by atoms with Gasteiger partial charge in [-0.25, -0.2) is 0 Å². The van der Waals surface area contributed by atoms with Crippen LogP contribution in [0, 0.1) is 0 Å². The van der Waals surface area contributed by atoms with E-state index in [-0.39, 0.29) is 109 Å². The van der Waals surface area contributed by atoms with Crippen molar-refractivity contribution in [2.45, 2.75) is 6.92 Å². The van der Waals surface area contributed by atoms with Crippen LogP contribution in [0.15, 0.2) is 0 Å². The molecule has 0 fully saturated rings. The van der Waals surface area contributed by atoms with Gasteiger partial charge in [0.25, 0.3) is 0 Å². The fraction of sp³-hybridized carbons (Fsp3) is 1.00. The molecule has 44 valence electrons. The number of phosphoric acid groups is 1. The van der Waals surface area contributed by atoms with Gasteiger partial charge in [-0.1, -0.05) is 0 Å². The van der Waals surface area contributed by atoms with Gasteiger partial charge in [-0.15, -0.1) is 0 Å². The summed E-state index contributed by atoms with van der Waals surface area (Å²) in [6.45, 7) is 1.35. The Morgan fingerprint density at radius 3 is 1.78 bits per heavy atom. The van der Waals surface area contributed by atoms with Crippen LogP contribution in [-0.2, 0) is 9.09 Å². The molecule has 0 amide bonds. The summed E-state index contributed by atoms with van der Waals surface area (Å²) >= 11 is 0. The Bertz CT molecular complexity index is 90.6. The van der Waals surface area contributed by atoms with Crippen LogP contribution in [0.2, 0.25) is 0 Å². The predicted molar refractivity (Wildman–Crippen MR) is 19.2 cm³/mol. The van der Waals surface area contributed by atoms with Crippen LogP contribution in [0.25, 0.3) is 0 Å². The molecule has 7 heteroatoms. The summed E-state index contributed by atoms with van der Waals surface area (Å²) in [5, 5.41) is 0. The molecule has 0 aliphatic carbocycles. The number of phosphoric ester groups is 1. The molecular weight excluding hydrogens is 197 g/mol. The van der Waals surface area contributed by atoms with Crippen molar-refractivity contribution in [3.63, 3.8) is 0 Å². The summed E-state index contributed by atoms with van der Waals surface area (Å²) in [6.07, 6.45) is 0. The van der Waals surface area contributed by atoms with Crippen LogP contribution in [-0.4, -0.2) is 6.61 Å². The van der Waals surface area contributed by atoms with E-state index in [1.807, 2.05) is 0 Å². The fourth-order valence-electron chi connectivity index (χ4n) is 0.158. The van der Waals surface area contributed by atoms with Crippen LogP contribution in [0.1, 0.15) is 6.92 Å². The molecular formula is C2H5K2O4P. The molecule has 0 spiro atoms. The molecule has 0 bridgehead atoms. The van der Waals surface area contributed by atoms with Crippen molar-refractivity contribution >= 4 is 7.82 Å². The second-order valence-corrected chi connectivity index (χ2v) is 2.02. The fourth-order valence-corrected chi connectivity index (χ4v) is 0.474. The standard InChI is InChI=1S/C2H7O4P.2K/c1-2-6-7(3,4)5;;/h2H2,1H3,(H2,3,4,5);;/q;2*+1/p-2. The maximum absolute atomic E-state index is 9.48. The largest absolute Gasteiger partial charge is 1.00 e. The molecule has 0 N–H and O–H groups in total. The van der Waals surface area contributed by atoms with Crippen LogP contribution in [0.5, 0.6) is 0 Å². The molecule has 0 saturated carbocycles. The summed E-state index contributed by atoms with van der Waals surface area (Å²) < 4.78 is 13.2. The molecule has 0 radical (unpaired) electrons. The van der Waals surface area contributed by atoms with E-state index in [0.717, 1.165) is 0 Å². The second-order valence-electron chi connectivity index (χ2n) is 0.865. The van der Waals surface area contributed by atoms with Crippen molar-refractivity contribution in [1.82, 2.24) is 0 Å². The number of hydrogen-bond acceptors (Lipinski definition) is 4. The summed E-state index contributed by atoms with van der Waals surface area (Å²) in [6, 6.07) is 0. The van der Waals surface area contributed by atoms with Crippen LogP contribution < -0.4 is 113 Å². The minimum atomic E-state index is -4.67. The predicted octanol–water partition coefficient (Wildman–Crippen LogP) is -7.14. The molecule has 0 unspecified atom stereocenters. The van der Waals surface area contributed by atoms with Crippen molar-refractivity contribution in [3.05, 3.63) is 0 Å². The quantitative estimate of drug-likeness (QED) is 0.329. The Morgan fingerprint density at radius 1 is 1.44 bits per heavy atom. The first-order chi connectivity index (χ1) is 3.06. The van der Waals surface area contributed by atoms with Crippen LogP contribution in [0.4, 0.5) is 0 Å². The zero-order chi connectivity index (χ0) is 5.91. The zero-order valence-electron chi connectivity index (χ0n) is 5.79. The first-order valence-electron chi connectivity index (χ1n) is 1.73. The number of rotatable bonds is 2. The van der Waals surface area contributed by atoms with Gasteiger partial charge in [0.05, 0.1) is 7.82 Å². The van der Waals surface area contributed by atoms with E-state index in [9.17, 15) is 14.4 Å². The summed E-state index contributed by atoms with van der Waals surface area (Å²) in [7, 11) is -4.67. The molecule has 0 heterocycles. The first-order valence-corrected chi connectivity index (χ1v) is 3.19. The normalized spacial score (nSPS) is 9.22. The van der Waals surface area contributed by atoms with Gasteiger partial charge < -0.3 is 18.9 Å². The van der Waals surface area contributed by atoms with Crippen LogP contribution in [0.3, 0.4) is 0 Å². The Labute approximate surface area is 139 Å². The summed E-state index contributed by atoms with van der Waals surface area (Å²) in [4.78, 5) is 19.0. The van der Waals surface area contributed by atoms with Crippen molar-refractivity contribution in [3.8, 4) is 0 Å². The zero-order valence-corrected chi connectivity index (χ0v) is 12.9. The average Bonchev–Trinajstić information content (AvgIpc) is 1.30. The van der Waals surface area contributed by atoms with E-state index in [0.29, 0.717) is 0 Å². The van der Waals surface area contributed by atoms with Gasteiger partial charge in [-0.05, 0) is 6.92 Å². The SMILES string of the molecule is CCOP(=O)([O-])[O-].[K+].[K+]. The monoisotopic (exact) mass is 202 g/mol. The molecule has 0 aromatic carbocycles. The maximum Gasteiger partial charge on any atom is 1.00 e. The third-order valence-electron chi connectivity index (χ3n) is 0.287. The molecule has 4 nitrogen and oxygen atoms in total. The van der Waals surface area contributed by atoms with Gasteiger partial charge in [-0.2, -0.15) is 0 Å². The Kier molecular flexibility index (Phi) is 19.2. The van der Waals surface area contributed by atoms with Gasteiger partial charge in [0, 0.05) is 6.61 Å². The van der Waals surface area contributed by atoms with Crippen LogP contribution >= 0.6 is 7.82 Å². The van der Waals surface area contributed by atoms with Gasteiger partial charge in [0.1, 0.15) is 0 Å². The van der Waals surface area contributed by atoms with Gasteiger partial charge >= 0.3 is 103 Å². The molecule has 0 rings (SSSR count). The molecule has 9 heavy (non-hydrogen) atoms. The van der Waals surface area contributed by atoms with Crippen molar-refractivity contribution < 1.29 is 122 Å². The van der Waals surface area contributed by atoms with E-state index < -0.39 is 7.82 Å². The summed E-state index contributed by atoms with van der Waals surface area (Å²) in [5.74, 6) is 0. The Balaban J connectivity index is -0.000000180. The molecule has 0 aromatic rings. The van der Waals surface area contributed by atoms with Crippen molar-refractivity contribution in [1.29, 1.82) is 0 Å². The summed E-state index contributed by atoms with van der Waals surface area (Å²) in [5.41, 5.74) is 0. The molecule has 0 aliphatic rings. The Morgan fingerprint density at radius 2 is 1.78 bits per heavy atom. The van der Waals surface area contributed by atoms with Gasteiger partial charge in [-0.3, -0.25) is 0 Å². The van der Waals surface area contributed by atoms with Crippen molar-refractivity contribution in [2.24, 2.45) is 0 Å². The average molecular weight is 202 g/mol. The van der Waals surface area contributed by atoms with E-state index in [4.69, 9.17) is 0 Å². The number of hydrogen-bond donors (Lipinski definition) is 0. The first kappa shape index (κ1) is 18.2. The maximum atomic E-state index is 9.48. The minimum absolute atomic E-state index is 0. The van der Waals surface area contributed by atoms with E-state index in [1.54, 1.807) is 0 Å². The molecule has 0 aliphatic heterocycles. The smallest absolute Gasteiger partial charge is 0.790 e. The minimum Gasteiger partial charge on any atom is -0.790 e. The molecule has 0 atom stereocenters. The van der Waals surface area contributed by atoms with Crippen molar-refractivity contribution in [2.75, 3.05) is 6.61 Å². The Hall–Kier alpha value is 3.38. The second kappa shape index (κ2) is 9.47. The molecule has 0 saturated heterocycles. The topological polar surface area (TPSA) is 72.4 Å².